The third-order valence-electron chi connectivity index (χ3n) is 7.04. The molecule has 0 aromatic heterocycles. The molecule has 0 N–H and O–H groups in total. The van der Waals surface area contributed by atoms with Crippen LogP contribution in [0.25, 0.3) is 0 Å². The summed E-state index contributed by atoms with van der Waals surface area (Å²) in [5.41, 5.74) is 7.97. The minimum atomic E-state index is 0.227. The number of rotatable bonds is 10. The fourth-order valence-corrected chi connectivity index (χ4v) is 4.96. The summed E-state index contributed by atoms with van der Waals surface area (Å²) in [6.45, 7) is 8.04. The van der Waals surface area contributed by atoms with Crippen LogP contribution in [0.15, 0.2) is 103 Å². The van der Waals surface area contributed by atoms with Crippen molar-refractivity contribution < 1.29 is 9.47 Å². The second kappa shape index (κ2) is 11.9. The molecule has 35 heavy (non-hydrogen) atoms. The molecule has 0 aliphatic carbocycles. The van der Waals surface area contributed by atoms with E-state index in [2.05, 4.69) is 124 Å². The molecule has 2 nitrogen and oxygen atoms in total. The minimum Gasteiger partial charge on any atom is -0.491 e. The normalized spacial score (nSPS) is 13.7. The molecular formula is C33H36O2. The number of hydrogen-bond donors (Lipinski definition) is 0. The van der Waals surface area contributed by atoms with Crippen molar-refractivity contribution in [2.75, 3.05) is 20.3 Å². The summed E-state index contributed by atoms with van der Waals surface area (Å²) in [7, 11) is 1.71. The van der Waals surface area contributed by atoms with Gasteiger partial charge in [-0.05, 0) is 45.5 Å². The Bertz CT molecular complexity index is 1120. The second-order valence-electron chi connectivity index (χ2n) is 9.25. The first-order valence-corrected chi connectivity index (χ1v) is 12.5. The number of ether oxygens (including phenoxy) is 2. The van der Waals surface area contributed by atoms with Crippen LogP contribution in [0.2, 0.25) is 0 Å². The van der Waals surface area contributed by atoms with Gasteiger partial charge in [-0.15, -0.1) is 0 Å². The van der Waals surface area contributed by atoms with Gasteiger partial charge >= 0.3 is 0 Å². The van der Waals surface area contributed by atoms with E-state index in [4.69, 9.17) is 9.47 Å². The Balaban J connectivity index is 1.92. The van der Waals surface area contributed by atoms with Gasteiger partial charge in [0.1, 0.15) is 12.4 Å². The maximum atomic E-state index is 6.22. The highest BCUT2D eigenvalue weighted by atomic mass is 16.5. The zero-order valence-corrected chi connectivity index (χ0v) is 21.3. The van der Waals surface area contributed by atoms with Crippen molar-refractivity contribution in [2.45, 2.75) is 38.5 Å². The fourth-order valence-electron chi connectivity index (χ4n) is 4.96. The first-order chi connectivity index (χ1) is 17.1. The summed E-state index contributed by atoms with van der Waals surface area (Å²) in [6.07, 6.45) is 0. The van der Waals surface area contributed by atoms with Crippen LogP contribution in [0.3, 0.4) is 0 Å². The zero-order chi connectivity index (χ0) is 24.6. The van der Waals surface area contributed by atoms with Crippen molar-refractivity contribution in [3.63, 3.8) is 0 Å². The summed E-state index contributed by atoms with van der Waals surface area (Å²) in [6, 6.07) is 36.9. The third kappa shape index (κ3) is 5.83. The summed E-state index contributed by atoms with van der Waals surface area (Å²) < 4.78 is 11.5. The van der Waals surface area contributed by atoms with Crippen molar-refractivity contribution >= 4 is 0 Å². The maximum Gasteiger partial charge on any atom is 0.120 e. The highest BCUT2D eigenvalue weighted by molar-refractivity contribution is 5.54. The van der Waals surface area contributed by atoms with E-state index in [0.717, 1.165) is 5.75 Å². The van der Waals surface area contributed by atoms with Crippen molar-refractivity contribution in [3.05, 3.63) is 137 Å². The van der Waals surface area contributed by atoms with Crippen LogP contribution in [-0.4, -0.2) is 20.3 Å². The third-order valence-corrected chi connectivity index (χ3v) is 7.04. The van der Waals surface area contributed by atoms with Gasteiger partial charge in [-0.25, -0.2) is 0 Å². The Morgan fingerprint density at radius 2 is 0.943 bits per heavy atom. The van der Waals surface area contributed by atoms with Gasteiger partial charge in [0.05, 0.1) is 6.61 Å². The topological polar surface area (TPSA) is 18.5 Å². The molecule has 0 fully saturated rings. The molecule has 3 atom stereocenters. The van der Waals surface area contributed by atoms with Gasteiger partial charge in [0.25, 0.3) is 0 Å². The molecule has 0 heterocycles. The predicted octanol–water partition coefficient (Wildman–Crippen LogP) is 8.17. The average Bonchev–Trinajstić information content (AvgIpc) is 2.93. The van der Waals surface area contributed by atoms with Crippen LogP contribution >= 0.6 is 0 Å². The molecule has 0 bridgehead atoms. The van der Waals surface area contributed by atoms with E-state index in [1.807, 2.05) is 0 Å². The summed E-state index contributed by atoms with van der Waals surface area (Å²) >= 11 is 0. The van der Waals surface area contributed by atoms with Crippen LogP contribution in [0.1, 0.15) is 71.9 Å². The molecule has 4 aromatic carbocycles. The van der Waals surface area contributed by atoms with E-state index in [1.165, 1.54) is 33.4 Å². The molecule has 2 heteroatoms. The van der Waals surface area contributed by atoms with Gasteiger partial charge in [-0.3, -0.25) is 0 Å². The van der Waals surface area contributed by atoms with Crippen molar-refractivity contribution in [3.8, 4) is 5.75 Å². The van der Waals surface area contributed by atoms with E-state index < -0.39 is 0 Å². The van der Waals surface area contributed by atoms with Gasteiger partial charge < -0.3 is 9.47 Å². The highest BCUT2D eigenvalue weighted by Gasteiger charge is 2.26. The molecule has 4 rings (SSSR count). The zero-order valence-electron chi connectivity index (χ0n) is 21.3. The quantitative estimate of drug-likeness (QED) is 0.220. The minimum absolute atomic E-state index is 0.227. The number of benzene rings is 4. The Labute approximate surface area is 210 Å². The standard InChI is InChI=1S/C33H36O2/c1-24(27-14-8-5-9-15-27)31-22-30(35-21-20-34-4)23-32(25(2)28-16-10-6-11-17-28)33(31)26(3)29-18-12-7-13-19-29/h5-19,22-26H,20-21H2,1-4H3. The van der Waals surface area contributed by atoms with Gasteiger partial charge in [0.15, 0.2) is 0 Å². The Morgan fingerprint density at radius 1 is 0.543 bits per heavy atom. The largest absolute Gasteiger partial charge is 0.491 e. The first kappa shape index (κ1) is 24.8. The van der Waals surface area contributed by atoms with E-state index in [1.54, 1.807) is 7.11 Å². The predicted molar refractivity (Wildman–Crippen MR) is 146 cm³/mol. The lowest BCUT2D eigenvalue weighted by Gasteiger charge is -2.29. The Kier molecular flexibility index (Phi) is 8.39. The number of hydrogen-bond acceptors (Lipinski definition) is 2. The van der Waals surface area contributed by atoms with Crippen LogP contribution in [0.5, 0.6) is 5.75 Å². The van der Waals surface area contributed by atoms with Crippen LogP contribution in [0, 0.1) is 0 Å². The maximum absolute atomic E-state index is 6.22. The molecule has 0 saturated heterocycles. The lowest BCUT2D eigenvalue weighted by Crippen LogP contribution is -2.13. The van der Waals surface area contributed by atoms with Crippen LogP contribution in [-0.2, 0) is 4.74 Å². The molecule has 0 aliphatic rings. The van der Waals surface area contributed by atoms with Crippen LogP contribution in [0.4, 0.5) is 0 Å². The molecule has 0 aliphatic heterocycles. The Morgan fingerprint density at radius 3 is 1.34 bits per heavy atom. The molecule has 180 valence electrons. The lowest BCUT2D eigenvalue weighted by atomic mass is 9.76. The van der Waals surface area contributed by atoms with E-state index in [-0.39, 0.29) is 17.8 Å². The monoisotopic (exact) mass is 464 g/mol. The SMILES string of the molecule is COCCOc1cc(C(C)c2ccccc2)c(C(C)c2ccccc2)c(C(C)c2ccccc2)c1. The summed E-state index contributed by atoms with van der Waals surface area (Å²) in [5.74, 6) is 1.60. The van der Waals surface area contributed by atoms with E-state index in [0.29, 0.717) is 13.2 Å². The second-order valence-corrected chi connectivity index (χ2v) is 9.25. The van der Waals surface area contributed by atoms with Crippen LogP contribution < -0.4 is 4.74 Å². The summed E-state index contributed by atoms with van der Waals surface area (Å²) in [5, 5.41) is 0. The number of methoxy groups -OCH3 is 1. The van der Waals surface area contributed by atoms with E-state index in [9.17, 15) is 0 Å². The average molecular weight is 465 g/mol. The first-order valence-electron chi connectivity index (χ1n) is 12.5. The molecule has 0 amide bonds. The molecule has 0 radical (unpaired) electrons. The van der Waals surface area contributed by atoms with Gasteiger partial charge in [0.2, 0.25) is 0 Å². The molecule has 4 aromatic rings. The van der Waals surface area contributed by atoms with Gasteiger partial charge in [-0.2, -0.15) is 0 Å². The smallest absolute Gasteiger partial charge is 0.120 e. The molecular weight excluding hydrogens is 428 g/mol. The summed E-state index contributed by atoms with van der Waals surface area (Å²) in [4.78, 5) is 0. The van der Waals surface area contributed by atoms with Crippen molar-refractivity contribution in [1.82, 2.24) is 0 Å². The molecule has 0 saturated carbocycles. The van der Waals surface area contributed by atoms with E-state index >= 15 is 0 Å². The van der Waals surface area contributed by atoms with Gasteiger partial charge in [-0.1, -0.05) is 112 Å². The van der Waals surface area contributed by atoms with Crippen molar-refractivity contribution in [1.29, 1.82) is 0 Å². The molecule has 0 spiro atoms. The Hall–Kier alpha value is -3.36. The fraction of sp³-hybridized carbons (Fsp3) is 0.273. The molecule has 3 unspecified atom stereocenters. The van der Waals surface area contributed by atoms with Gasteiger partial charge in [0, 0.05) is 24.9 Å². The highest BCUT2D eigenvalue weighted by Crippen LogP contribution is 2.42. The van der Waals surface area contributed by atoms with Crippen molar-refractivity contribution in [2.24, 2.45) is 0 Å². The lowest BCUT2D eigenvalue weighted by molar-refractivity contribution is 0.146.